The fourth-order valence-electron chi connectivity index (χ4n) is 5.12. The third-order valence-electron chi connectivity index (χ3n) is 7.25. The molecule has 192 valence electrons. The van der Waals surface area contributed by atoms with Gasteiger partial charge in [-0.2, -0.15) is 5.10 Å². The van der Waals surface area contributed by atoms with Gasteiger partial charge in [0.2, 0.25) is 0 Å². The van der Waals surface area contributed by atoms with Gasteiger partial charge in [0.15, 0.2) is 5.82 Å². The zero-order chi connectivity index (χ0) is 26.2. The second-order valence-corrected chi connectivity index (χ2v) is 9.67. The van der Waals surface area contributed by atoms with Crippen LogP contribution in [0.15, 0.2) is 92.0 Å². The van der Waals surface area contributed by atoms with Crippen molar-refractivity contribution < 1.29 is 0 Å². The Morgan fingerprint density at radius 1 is 0.846 bits per heavy atom. The molecule has 39 heavy (non-hydrogen) atoms. The molecule has 1 fully saturated rings. The van der Waals surface area contributed by atoms with Crippen molar-refractivity contribution in [1.82, 2.24) is 35.0 Å². The Kier molecular flexibility index (Phi) is 5.66. The zero-order valence-electron chi connectivity index (χ0n) is 21.3. The van der Waals surface area contributed by atoms with Crippen molar-refractivity contribution in [3.05, 3.63) is 97.7 Å². The van der Waals surface area contributed by atoms with Crippen LogP contribution in [0.3, 0.4) is 0 Å². The molecule has 3 N–H and O–H groups in total. The average Bonchev–Trinajstić information content (AvgIpc) is 3.64. The third kappa shape index (κ3) is 4.54. The van der Waals surface area contributed by atoms with Gasteiger partial charge >= 0.3 is 0 Å². The van der Waals surface area contributed by atoms with Crippen LogP contribution in [0.4, 0.5) is 17.2 Å². The monoisotopic (exact) mass is 513 g/mol. The smallest absolute Gasteiger partial charge is 0.161 e. The van der Waals surface area contributed by atoms with Crippen molar-refractivity contribution in [3.8, 4) is 11.4 Å². The number of benzene rings is 2. The highest BCUT2D eigenvalue weighted by Crippen LogP contribution is 2.28. The Hall–Kier alpha value is -5.18. The molecule has 2 aromatic carbocycles. The van der Waals surface area contributed by atoms with Gasteiger partial charge in [-0.05, 0) is 48.5 Å². The molecule has 0 aliphatic carbocycles. The van der Waals surface area contributed by atoms with Gasteiger partial charge < -0.3 is 20.1 Å². The molecule has 0 atom stereocenters. The molecular formula is C30H27N9. The Balaban J connectivity index is 1.07. The molecule has 5 heterocycles. The van der Waals surface area contributed by atoms with E-state index in [2.05, 4.69) is 83.2 Å². The van der Waals surface area contributed by atoms with E-state index in [1.807, 2.05) is 42.9 Å². The van der Waals surface area contributed by atoms with Gasteiger partial charge in [-0.3, -0.25) is 10.1 Å². The van der Waals surface area contributed by atoms with E-state index in [0.29, 0.717) is 5.82 Å². The van der Waals surface area contributed by atoms with Gasteiger partial charge in [0, 0.05) is 78.0 Å². The molecule has 0 bridgehead atoms. The Labute approximate surface area is 225 Å². The van der Waals surface area contributed by atoms with E-state index >= 15 is 0 Å². The zero-order valence-corrected chi connectivity index (χ0v) is 21.3. The summed E-state index contributed by atoms with van der Waals surface area (Å²) in [6, 6.07) is 20.5. The van der Waals surface area contributed by atoms with Gasteiger partial charge in [0.1, 0.15) is 5.82 Å². The summed E-state index contributed by atoms with van der Waals surface area (Å²) < 4.78 is 0. The van der Waals surface area contributed by atoms with Gasteiger partial charge in [-0.25, -0.2) is 9.97 Å². The van der Waals surface area contributed by atoms with Crippen LogP contribution in [0.2, 0.25) is 0 Å². The van der Waals surface area contributed by atoms with Crippen LogP contribution in [0.5, 0.6) is 0 Å². The number of fused-ring (bicyclic) bond motifs is 2. The minimum absolute atomic E-state index is 0.661. The molecule has 0 spiro atoms. The number of piperazine rings is 1. The topological polar surface area (TPSA) is 102 Å². The molecule has 1 aliphatic heterocycles. The number of aromatic amines is 2. The summed E-state index contributed by atoms with van der Waals surface area (Å²) in [6.07, 6.45) is 7.28. The lowest BCUT2D eigenvalue weighted by atomic mass is 10.1. The molecule has 4 aromatic heterocycles. The van der Waals surface area contributed by atoms with Gasteiger partial charge in [0.05, 0.1) is 23.1 Å². The molecule has 0 radical (unpaired) electrons. The maximum atomic E-state index is 4.77. The molecule has 0 amide bonds. The first kappa shape index (κ1) is 23.0. The first-order valence-corrected chi connectivity index (χ1v) is 13.0. The van der Waals surface area contributed by atoms with E-state index in [1.54, 1.807) is 6.20 Å². The standard InChI is InChI=1S/C30H27N9/c1-20(38-12-14-39(15-13-38)25-6-9-31-10-7-25)27-17-21-2-3-22(18-28(21)35-27)30-32-11-8-29(36-30)34-24-4-5-26-23(16-24)19-33-37-26/h2-11,16-19,35H,1,12-15H2,(H,33,37)(H,32,34,36). The maximum Gasteiger partial charge on any atom is 0.161 e. The number of nitrogens with one attached hydrogen (secondary N) is 3. The fourth-order valence-corrected chi connectivity index (χ4v) is 5.12. The van der Waals surface area contributed by atoms with Gasteiger partial charge in [-0.1, -0.05) is 18.7 Å². The summed E-state index contributed by atoms with van der Waals surface area (Å²) >= 11 is 0. The van der Waals surface area contributed by atoms with Crippen LogP contribution in [0.1, 0.15) is 5.69 Å². The molecule has 7 rings (SSSR count). The Morgan fingerprint density at radius 3 is 2.59 bits per heavy atom. The number of hydrogen-bond acceptors (Lipinski definition) is 7. The SMILES string of the molecule is C=C(c1cc2ccc(-c3nccc(Nc4ccc5[nH]ncc5c4)n3)cc2[nH]1)N1CCN(c2ccncc2)CC1. The highest BCUT2D eigenvalue weighted by molar-refractivity contribution is 5.87. The van der Waals surface area contributed by atoms with Crippen molar-refractivity contribution in [2.75, 3.05) is 36.4 Å². The second-order valence-electron chi connectivity index (χ2n) is 9.67. The van der Waals surface area contributed by atoms with E-state index < -0.39 is 0 Å². The van der Waals surface area contributed by atoms with E-state index in [0.717, 1.165) is 76.4 Å². The predicted octanol–water partition coefficient (Wildman–Crippen LogP) is 5.43. The van der Waals surface area contributed by atoms with Crippen LogP contribution < -0.4 is 10.2 Å². The number of anilines is 3. The lowest BCUT2D eigenvalue weighted by Crippen LogP contribution is -2.45. The van der Waals surface area contributed by atoms with Gasteiger partial charge in [-0.15, -0.1) is 0 Å². The molecule has 6 aromatic rings. The van der Waals surface area contributed by atoms with E-state index in [9.17, 15) is 0 Å². The number of pyridine rings is 1. The van der Waals surface area contributed by atoms with E-state index in [-0.39, 0.29) is 0 Å². The number of rotatable bonds is 6. The third-order valence-corrected chi connectivity index (χ3v) is 7.25. The van der Waals surface area contributed by atoms with Crippen molar-refractivity contribution >= 4 is 44.7 Å². The summed E-state index contributed by atoms with van der Waals surface area (Å²) in [5, 5.41) is 12.6. The predicted molar refractivity (Wildman–Crippen MR) is 156 cm³/mol. The van der Waals surface area contributed by atoms with Crippen molar-refractivity contribution in [2.24, 2.45) is 0 Å². The van der Waals surface area contributed by atoms with E-state index in [4.69, 9.17) is 4.98 Å². The first-order chi connectivity index (χ1) is 19.2. The molecule has 9 nitrogen and oxygen atoms in total. The number of nitrogens with zero attached hydrogens (tertiary/aromatic N) is 6. The quantitative estimate of drug-likeness (QED) is 0.273. The lowest BCUT2D eigenvalue weighted by molar-refractivity contribution is 0.367. The molecule has 1 saturated heterocycles. The summed E-state index contributed by atoms with van der Waals surface area (Å²) in [7, 11) is 0. The van der Waals surface area contributed by atoms with Crippen LogP contribution in [-0.2, 0) is 0 Å². The van der Waals surface area contributed by atoms with Crippen LogP contribution in [0.25, 0.3) is 38.9 Å². The van der Waals surface area contributed by atoms with Crippen molar-refractivity contribution in [2.45, 2.75) is 0 Å². The van der Waals surface area contributed by atoms with Crippen molar-refractivity contribution in [1.29, 1.82) is 0 Å². The number of hydrogen-bond donors (Lipinski definition) is 3. The molecule has 1 aliphatic rings. The maximum absolute atomic E-state index is 4.77. The van der Waals surface area contributed by atoms with Crippen LogP contribution in [0, 0.1) is 0 Å². The lowest BCUT2D eigenvalue weighted by Gasteiger charge is -2.37. The summed E-state index contributed by atoms with van der Waals surface area (Å²) in [5.41, 5.74) is 7.18. The normalized spacial score (nSPS) is 13.7. The highest BCUT2D eigenvalue weighted by Gasteiger charge is 2.20. The minimum atomic E-state index is 0.661. The van der Waals surface area contributed by atoms with Crippen LogP contribution in [-0.4, -0.2) is 61.2 Å². The molecule has 0 saturated carbocycles. The molecule has 9 heteroatoms. The minimum Gasteiger partial charge on any atom is -0.368 e. The molecule has 0 unspecified atom stereocenters. The highest BCUT2D eigenvalue weighted by atomic mass is 15.3. The Bertz CT molecular complexity index is 1780. The van der Waals surface area contributed by atoms with E-state index in [1.165, 1.54) is 5.69 Å². The first-order valence-electron chi connectivity index (χ1n) is 13.0. The van der Waals surface area contributed by atoms with Crippen LogP contribution >= 0.6 is 0 Å². The Morgan fingerprint density at radius 2 is 1.72 bits per heavy atom. The summed E-state index contributed by atoms with van der Waals surface area (Å²) in [5.74, 6) is 1.39. The fraction of sp³-hybridized carbons (Fsp3) is 0.133. The average molecular weight is 514 g/mol. The number of aromatic nitrogens is 6. The largest absolute Gasteiger partial charge is 0.368 e. The second kappa shape index (κ2) is 9.60. The summed E-state index contributed by atoms with van der Waals surface area (Å²) in [6.45, 7) is 8.15. The molecular weight excluding hydrogens is 486 g/mol. The van der Waals surface area contributed by atoms with Gasteiger partial charge in [0.25, 0.3) is 0 Å². The summed E-state index contributed by atoms with van der Waals surface area (Å²) in [4.78, 5) is 21.7. The van der Waals surface area contributed by atoms with Crippen molar-refractivity contribution in [3.63, 3.8) is 0 Å². The number of H-pyrrole nitrogens is 2.